The number of carbonyl (C=O) groups excluding carboxylic acids is 3. The van der Waals surface area contributed by atoms with Gasteiger partial charge in [-0.05, 0) is 83.3 Å². The highest BCUT2D eigenvalue weighted by Gasteiger charge is 2.48. The lowest BCUT2D eigenvalue weighted by Gasteiger charge is -2.50. The molecule has 1 aromatic heterocycles. The van der Waals surface area contributed by atoms with Gasteiger partial charge in [0.2, 0.25) is 11.8 Å². The number of nitrogens with zero attached hydrogens (tertiary/aromatic N) is 2. The van der Waals surface area contributed by atoms with Gasteiger partial charge in [0.1, 0.15) is 22.9 Å². The third kappa shape index (κ3) is 4.44. The van der Waals surface area contributed by atoms with E-state index < -0.39 is 17.6 Å². The Morgan fingerprint density at radius 2 is 1.78 bits per heavy atom. The number of carbonyl (C=O) groups is 3. The summed E-state index contributed by atoms with van der Waals surface area (Å²) in [7, 11) is 1.68. The van der Waals surface area contributed by atoms with Crippen LogP contribution in [0.15, 0.2) is 23.0 Å². The minimum absolute atomic E-state index is 0.0230. The maximum atomic E-state index is 13.1. The minimum atomic E-state index is -0.721. The van der Waals surface area contributed by atoms with E-state index in [9.17, 15) is 19.2 Å². The molecule has 1 spiro atoms. The quantitative estimate of drug-likeness (QED) is 0.513. The molecule has 2 aromatic rings. The summed E-state index contributed by atoms with van der Waals surface area (Å²) in [6.45, 7) is 5.70. The summed E-state index contributed by atoms with van der Waals surface area (Å²) < 4.78 is 15.0. The fourth-order valence-electron chi connectivity index (χ4n) is 6.16. The molecule has 5 rings (SSSR count). The van der Waals surface area contributed by atoms with Gasteiger partial charge in [-0.1, -0.05) is 6.07 Å². The average Bonchev–Trinajstić information content (AvgIpc) is 3.03. The number of rotatable bonds is 4. The van der Waals surface area contributed by atoms with Gasteiger partial charge in [0, 0.05) is 13.5 Å². The maximum absolute atomic E-state index is 13.1. The van der Waals surface area contributed by atoms with Crippen molar-refractivity contribution in [2.75, 3.05) is 0 Å². The van der Waals surface area contributed by atoms with Crippen LogP contribution in [0.25, 0.3) is 11.0 Å². The SMILES string of the molecule is Cn1c(=O)n(C2CCC(=O)NC2=O)c2cccc(OC3CC4(CCC(C(=O)OC(C)(C)C)CC4)C3)c21. The summed E-state index contributed by atoms with van der Waals surface area (Å²) in [5.74, 6) is -0.245. The molecule has 194 valence electrons. The van der Waals surface area contributed by atoms with Crippen molar-refractivity contribution in [1.29, 1.82) is 0 Å². The topological polar surface area (TPSA) is 109 Å². The molecule has 2 aliphatic carbocycles. The van der Waals surface area contributed by atoms with Gasteiger partial charge in [-0.2, -0.15) is 0 Å². The molecule has 3 fully saturated rings. The maximum Gasteiger partial charge on any atom is 0.329 e. The summed E-state index contributed by atoms with van der Waals surface area (Å²) in [4.78, 5) is 49.6. The van der Waals surface area contributed by atoms with Crippen LogP contribution in [-0.2, 0) is 26.2 Å². The molecule has 1 aromatic carbocycles. The van der Waals surface area contributed by atoms with Crippen LogP contribution in [0.4, 0.5) is 0 Å². The fourth-order valence-corrected chi connectivity index (χ4v) is 6.16. The van der Waals surface area contributed by atoms with Gasteiger partial charge in [0.25, 0.3) is 0 Å². The first-order chi connectivity index (χ1) is 17.0. The third-order valence-corrected chi connectivity index (χ3v) is 7.99. The third-order valence-electron chi connectivity index (χ3n) is 7.99. The minimum Gasteiger partial charge on any atom is -0.488 e. The second kappa shape index (κ2) is 8.78. The molecule has 0 bridgehead atoms. The van der Waals surface area contributed by atoms with E-state index in [0.717, 1.165) is 38.5 Å². The molecule has 1 atom stereocenters. The molecule has 36 heavy (non-hydrogen) atoms. The van der Waals surface area contributed by atoms with Crippen molar-refractivity contribution in [2.24, 2.45) is 18.4 Å². The van der Waals surface area contributed by atoms with Gasteiger partial charge in [-0.3, -0.25) is 28.8 Å². The van der Waals surface area contributed by atoms with Gasteiger partial charge in [-0.25, -0.2) is 4.79 Å². The summed E-state index contributed by atoms with van der Waals surface area (Å²) in [6.07, 6.45) is 6.07. The molecule has 3 aliphatic rings. The van der Waals surface area contributed by atoms with Crippen LogP contribution in [-0.4, -0.2) is 38.6 Å². The number of piperidine rings is 1. The molecule has 2 saturated carbocycles. The fraction of sp³-hybridized carbons (Fsp3) is 0.630. The molecule has 1 unspecified atom stereocenters. The number of nitrogens with one attached hydrogen (secondary N) is 1. The number of aromatic nitrogens is 2. The zero-order valence-electron chi connectivity index (χ0n) is 21.5. The lowest BCUT2D eigenvalue weighted by Crippen LogP contribution is -2.47. The van der Waals surface area contributed by atoms with Crippen LogP contribution < -0.4 is 15.7 Å². The van der Waals surface area contributed by atoms with E-state index in [1.807, 2.05) is 39.0 Å². The molecule has 1 aliphatic heterocycles. The Labute approximate surface area is 210 Å². The van der Waals surface area contributed by atoms with Crippen molar-refractivity contribution >= 4 is 28.8 Å². The van der Waals surface area contributed by atoms with Crippen molar-refractivity contribution in [3.8, 4) is 5.75 Å². The van der Waals surface area contributed by atoms with E-state index in [4.69, 9.17) is 9.47 Å². The lowest BCUT2D eigenvalue weighted by molar-refractivity contribution is -0.163. The van der Waals surface area contributed by atoms with Crippen molar-refractivity contribution in [1.82, 2.24) is 14.5 Å². The molecule has 9 heteroatoms. The highest BCUT2D eigenvalue weighted by molar-refractivity contribution is 6.00. The van der Waals surface area contributed by atoms with Gasteiger partial charge >= 0.3 is 11.7 Å². The number of benzene rings is 1. The number of amides is 2. The van der Waals surface area contributed by atoms with E-state index in [-0.39, 0.29) is 41.4 Å². The zero-order valence-corrected chi connectivity index (χ0v) is 21.5. The summed E-state index contributed by atoms with van der Waals surface area (Å²) in [6, 6.07) is 4.79. The van der Waals surface area contributed by atoms with Crippen molar-refractivity contribution in [2.45, 2.75) is 89.9 Å². The molecule has 2 heterocycles. The summed E-state index contributed by atoms with van der Waals surface area (Å²) >= 11 is 0. The standard InChI is InChI=1S/C27H35N3O6/c1-26(2,3)36-24(33)16-10-12-27(13-11-16)14-17(15-27)35-20-7-5-6-18-22(20)29(4)25(34)30(18)19-8-9-21(31)28-23(19)32/h5-7,16-17,19H,8-15H2,1-4H3,(H,28,31,32). The highest BCUT2D eigenvalue weighted by Crippen LogP contribution is 2.54. The average molecular weight is 498 g/mol. The Morgan fingerprint density at radius 3 is 2.42 bits per heavy atom. The predicted molar refractivity (Wildman–Crippen MR) is 132 cm³/mol. The van der Waals surface area contributed by atoms with Crippen LogP contribution in [0.5, 0.6) is 5.75 Å². The number of hydrogen-bond acceptors (Lipinski definition) is 6. The molecular formula is C27H35N3O6. The second-order valence-electron chi connectivity index (χ2n) is 11.8. The first-order valence-electron chi connectivity index (χ1n) is 12.9. The molecule has 2 amide bonds. The van der Waals surface area contributed by atoms with E-state index >= 15 is 0 Å². The number of imidazole rings is 1. The van der Waals surface area contributed by atoms with Crippen molar-refractivity contribution < 1.29 is 23.9 Å². The van der Waals surface area contributed by atoms with E-state index in [1.54, 1.807) is 7.05 Å². The Bertz CT molecular complexity index is 1270. The van der Waals surface area contributed by atoms with Gasteiger partial charge < -0.3 is 9.47 Å². The Morgan fingerprint density at radius 1 is 1.08 bits per heavy atom. The number of hydrogen-bond donors (Lipinski definition) is 1. The zero-order chi connectivity index (χ0) is 25.8. The second-order valence-corrected chi connectivity index (χ2v) is 11.8. The van der Waals surface area contributed by atoms with Gasteiger partial charge in [0.15, 0.2) is 0 Å². The van der Waals surface area contributed by atoms with Crippen LogP contribution in [0.1, 0.15) is 78.2 Å². The first kappa shape index (κ1) is 24.6. The Balaban J connectivity index is 1.27. The number of esters is 1. The molecule has 1 saturated heterocycles. The predicted octanol–water partition coefficient (Wildman–Crippen LogP) is 3.38. The smallest absolute Gasteiger partial charge is 0.329 e. The van der Waals surface area contributed by atoms with Crippen LogP contribution >= 0.6 is 0 Å². The number of fused-ring (bicyclic) bond motifs is 1. The number of imide groups is 1. The largest absolute Gasteiger partial charge is 0.488 e. The van der Waals surface area contributed by atoms with Crippen molar-refractivity contribution in [3.05, 3.63) is 28.7 Å². The number of para-hydroxylation sites is 1. The van der Waals surface area contributed by atoms with Gasteiger partial charge in [-0.15, -0.1) is 0 Å². The molecule has 9 nitrogen and oxygen atoms in total. The van der Waals surface area contributed by atoms with Gasteiger partial charge in [0.05, 0.1) is 17.5 Å². The van der Waals surface area contributed by atoms with E-state index in [1.165, 1.54) is 9.13 Å². The molecule has 1 N–H and O–H groups in total. The first-order valence-corrected chi connectivity index (χ1v) is 12.9. The van der Waals surface area contributed by atoms with E-state index in [0.29, 0.717) is 23.2 Å². The highest BCUT2D eigenvalue weighted by atomic mass is 16.6. The number of aryl methyl sites for hydroxylation is 1. The summed E-state index contributed by atoms with van der Waals surface area (Å²) in [5.41, 5.74) is 0.728. The van der Waals surface area contributed by atoms with Crippen molar-refractivity contribution in [3.63, 3.8) is 0 Å². The normalized spacial score (nSPS) is 28.6. The Hall–Kier alpha value is -3.10. The molecular weight excluding hydrogens is 462 g/mol. The Kier molecular flexibility index (Phi) is 6.00. The van der Waals surface area contributed by atoms with Crippen LogP contribution in [0, 0.1) is 11.3 Å². The lowest BCUT2D eigenvalue weighted by atomic mass is 9.57. The summed E-state index contributed by atoms with van der Waals surface area (Å²) in [5, 5.41) is 2.34. The monoisotopic (exact) mass is 497 g/mol. The molecule has 0 radical (unpaired) electrons. The van der Waals surface area contributed by atoms with Crippen LogP contribution in [0.3, 0.4) is 0 Å². The van der Waals surface area contributed by atoms with Crippen LogP contribution in [0.2, 0.25) is 0 Å². The number of ether oxygens (including phenoxy) is 2. The van der Waals surface area contributed by atoms with E-state index in [2.05, 4.69) is 5.32 Å².